The molecule has 90 valence electrons. The molecule has 1 aromatic heterocycles. The molecule has 0 unspecified atom stereocenters. The Morgan fingerprint density at radius 1 is 1.06 bits per heavy atom. The number of hydrogen-bond donors (Lipinski definition) is 0. The van der Waals surface area contributed by atoms with E-state index in [1.807, 2.05) is 62.4 Å². The summed E-state index contributed by atoms with van der Waals surface area (Å²) in [7, 11) is 0. The average Bonchev–Trinajstić information content (AvgIpc) is 2.46. The van der Waals surface area contributed by atoms with Crippen molar-refractivity contribution >= 4 is 5.57 Å². The van der Waals surface area contributed by atoms with Gasteiger partial charge >= 0.3 is 0 Å². The lowest BCUT2D eigenvalue weighted by Crippen LogP contribution is -1.97. The summed E-state index contributed by atoms with van der Waals surface area (Å²) in [6, 6.07) is 9.90. The number of allylic oxidation sites excluding steroid dienone is 4. The zero-order valence-corrected chi connectivity index (χ0v) is 10.5. The van der Waals surface area contributed by atoms with Gasteiger partial charge in [0.1, 0.15) is 6.33 Å². The lowest BCUT2D eigenvalue weighted by Gasteiger charge is -2.03. The maximum Gasteiger partial charge on any atom is 0.163 e. The van der Waals surface area contributed by atoms with Crippen LogP contribution in [0.4, 0.5) is 0 Å². The van der Waals surface area contributed by atoms with Crippen molar-refractivity contribution < 1.29 is 0 Å². The second-order valence-corrected chi connectivity index (χ2v) is 3.74. The molecule has 0 saturated carbocycles. The molecule has 3 heteroatoms. The molecule has 0 fully saturated rings. The van der Waals surface area contributed by atoms with E-state index >= 15 is 0 Å². The normalized spacial score (nSPS) is 12.0. The highest BCUT2D eigenvalue weighted by molar-refractivity contribution is 5.70. The minimum Gasteiger partial charge on any atom is -0.217 e. The van der Waals surface area contributed by atoms with Crippen molar-refractivity contribution in [3.05, 3.63) is 60.7 Å². The van der Waals surface area contributed by atoms with Crippen molar-refractivity contribution in [3.63, 3.8) is 0 Å². The van der Waals surface area contributed by atoms with Gasteiger partial charge in [-0.15, -0.1) is 0 Å². The highest BCUT2D eigenvalue weighted by Gasteiger charge is 2.05. The molecule has 0 saturated heterocycles. The van der Waals surface area contributed by atoms with E-state index in [1.165, 1.54) is 0 Å². The summed E-state index contributed by atoms with van der Waals surface area (Å²) in [4.78, 5) is 12.9. The predicted octanol–water partition coefficient (Wildman–Crippen LogP) is 3.52. The fraction of sp³-hybridized carbons (Fsp3) is 0.133. The summed E-state index contributed by atoms with van der Waals surface area (Å²) >= 11 is 0. The van der Waals surface area contributed by atoms with Crippen molar-refractivity contribution in [3.8, 4) is 11.4 Å². The van der Waals surface area contributed by atoms with Crippen LogP contribution in [0.1, 0.15) is 19.7 Å². The Bertz CT molecular complexity index is 571. The first-order chi connectivity index (χ1) is 8.85. The quantitative estimate of drug-likeness (QED) is 0.767. The van der Waals surface area contributed by atoms with Crippen molar-refractivity contribution in [2.24, 2.45) is 0 Å². The minimum atomic E-state index is 0.699. The van der Waals surface area contributed by atoms with Crippen molar-refractivity contribution in [2.75, 3.05) is 0 Å². The van der Waals surface area contributed by atoms with Gasteiger partial charge in [-0.1, -0.05) is 48.6 Å². The Hall–Kier alpha value is -2.29. The summed E-state index contributed by atoms with van der Waals surface area (Å²) in [5.41, 5.74) is 1.99. The molecule has 0 aliphatic heterocycles. The van der Waals surface area contributed by atoms with Crippen molar-refractivity contribution in [1.82, 2.24) is 15.0 Å². The van der Waals surface area contributed by atoms with Crippen LogP contribution >= 0.6 is 0 Å². The van der Waals surface area contributed by atoms with Gasteiger partial charge in [-0.3, -0.25) is 0 Å². The van der Waals surface area contributed by atoms with Gasteiger partial charge in [-0.05, 0) is 13.8 Å². The molecule has 1 heterocycles. The first-order valence-corrected chi connectivity index (χ1v) is 5.89. The van der Waals surface area contributed by atoms with E-state index in [0.29, 0.717) is 11.6 Å². The molecule has 2 rings (SSSR count). The van der Waals surface area contributed by atoms with Crippen molar-refractivity contribution in [2.45, 2.75) is 13.8 Å². The molecule has 0 N–H and O–H groups in total. The molecule has 18 heavy (non-hydrogen) atoms. The van der Waals surface area contributed by atoms with Gasteiger partial charge in [0.15, 0.2) is 11.6 Å². The first kappa shape index (κ1) is 12.2. The topological polar surface area (TPSA) is 38.7 Å². The van der Waals surface area contributed by atoms with Gasteiger partial charge < -0.3 is 0 Å². The maximum absolute atomic E-state index is 4.49. The van der Waals surface area contributed by atoms with Crippen LogP contribution in [-0.4, -0.2) is 15.0 Å². The van der Waals surface area contributed by atoms with E-state index in [9.17, 15) is 0 Å². The smallest absolute Gasteiger partial charge is 0.163 e. The van der Waals surface area contributed by atoms with E-state index in [-0.39, 0.29) is 0 Å². The number of hydrogen-bond acceptors (Lipinski definition) is 3. The molecule has 0 atom stereocenters. The molecular weight excluding hydrogens is 222 g/mol. The van der Waals surface area contributed by atoms with E-state index in [0.717, 1.165) is 11.1 Å². The Labute approximate surface area is 107 Å². The van der Waals surface area contributed by atoms with Crippen LogP contribution in [0.5, 0.6) is 0 Å². The Kier molecular flexibility index (Phi) is 3.97. The molecule has 0 bridgehead atoms. The molecule has 3 nitrogen and oxygen atoms in total. The highest BCUT2D eigenvalue weighted by atomic mass is 15.0. The summed E-state index contributed by atoms with van der Waals surface area (Å²) in [6.07, 6.45) is 7.51. The molecule has 0 amide bonds. The van der Waals surface area contributed by atoms with Gasteiger partial charge in [0, 0.05) is 11.1 Å². The molecular formula is C15H15N3. The van der Waals surface area contributed by atoms with Gasteiger partial charge in [-0.25, -0.2) is 15.0 Å². The van der Waals surface area contributed by atoms with Crippen LogP contribution in [0.3, 0.4) is 0 Å². The number of benzene rings is 1. The third-order valence-electron chi connectivity index (χ3n) is 2.52. The largest absolute Gasteiger partial charge is 0.217 e. The Balaban J connectivity index is 2.43. The van der Waals surface area contributed by atoms with Gasteiger partial charge in [0.2, 0.25) is 0 Å². The fourth-order valence-corrected chi connectivity index (χ4v) is 1.64. The third kappa shape index (κ3) is 2.69. The lowest BCUT2D eigenvalue weighted by atomic mass is 10.2. The maximum atomic E-state index is 4.49. The van der Waals surface area contributed by atoms with E-state index < -0.39 is 0 Å². The monoisotopic (exact) mass is 237 g/mol. The van der Waals surface area contributed by atoms with Crippen molar-refractivity contribution in [1.29, 1.82) is 0 Å². The SMILES string of the molecule is C/C=C\C(=C/C)c1ncnc(-c2ccccc2)n1. The average molecular weight is 237 g/mol. The van der Waals surface area contributed by atoms with Gasteiger partial charge in [-0.2, -0.15) is 0 Å². The molecule has 0 aliphatic rings. The fourth-order valence-electron chi connectivity index (χ4n) is 1.64. The van der Waals surface area contributed by atoms with E-state index in [1.54, 1.807) is 6.33 Å². The van der Waals surface area contributed by atoms with Crippen LogP contribution in [-0.2, 0) is 0 Å². The standard InChI is InChI=1S/C15H15N3/c1-3-8-12(4-2)14-16-11-17-15(18-14)13-9-6-5-7-10-13/h3-11H,1-2H3/b8-3-,12-4+. The van der Waals surface area contributed by atoms with Crippen LogP contribution in [0.15, 0.2) is 54.9 Å². The van der Waals surface area contributed by atoms with Crippen LogP contribution in [0.2, 0.25) is 0 Å². The minimum absolute atomic E-state index is 0.699. The van der Waals surface area contributed by atoms with Crippen LogP contribution < -0.4 is 0 Å². The highest BCUT2D eigenvalue weighted by Crippen LogP contribution is 2.16. The molecule has 1 aromatic carbocycles. The lowest BCUT2D eigenvalue weighted by molar-refractivity contribution is 1.03. The Morgan fingerprint density at radius 2 is 1.83 bits per heavy atom. The summed E-state index contributed by atoms with van der Waals surface area (Å²) < 4.78 is 0. The zero-order valence-electron chi connectivity index (χ0n) is 10.5. The third-order valence-corrected chi connectivity index (χ3v) is 2.52. The molecule has 2 aromatic rings. The van der Waals surface area contributed by atoms with Gasteiger partial charge in [0.25, 0.3) is 0 Å². The second-order valence-electron chi connectivity index (χ2n) is 3.74. The molecule has 0 radical (unpaired) electrons. The van der Waals surface area contributed by atoms with E-state index in [2.05, 4.69) is 15.0 Å². The number of rotatable bonds is 3. The predicted molar refractivity (Wildman–Crippen MR) is 73.7 cm³/mol. The number of nitrogens with zero attached hydrogens (tertiary/aromatic N) is 3. The summed E-state index contributed by atoms with van der Waals surface area (Å²) in [6.45, 7) is 3.95. The Morgan fingerprint density at radius 3 is 2.50 bits per heavy atom. The summed E-state index contributed by atoms with van der Waals surface area (Å²) in [5, 5.41) is 0. The van der Waals surface area contributed by atoms with E-state index in [4.69, 9.17) is 0 Å². The van der Waals surface area contributed by atoms with Gasteiger partial charge in [0.05, 0.1) is 0 Å². The van der Waals surface area contributed by atoms with Crippen LogP contribution in [0.25, 0.3) is 17.0 Å². The summed E-state index contributed by atoms with van der Waals surface area (Å²) in [5.74, 6) is 1.40. The molecule has 0 spiro atoms. The zero-order chi connectivity index (χ0) is 12.8. The number of aromatic nitrogens is 3. The van der Waals surface area contributed by atoms with Crippen LogP contribution in [0, 0.1) is 0 Å². The first-order valence-electron chi connectivity index (χ1n) is 5.89. The molecule has 0 aliphatic carbocycles. The second kappa shape index (κ2) is 5.87.